The summed E-state index contributed by atoms with van der Waals surface area (Å²) in [7, 11) is 1.67. The lowest BCUT2D eigenvalue weighted by Gasteiger charge is -2.28. The zero-order valence-electron chi connectivity index (χ0n) is 16.6. The van der Waals surface area contributed by atoms with Crippen LogP contribution >= 0.6 is 0 Å². The highest BCUT2D eigenvalue weighted by Gasteiger charge is 2.17. The van der Waals surface area contributed by atoms with E-state index in [1.807, 2.05) is 6.07 Å². The van der Waals surface area contributed by atoms with Gasteiger partial charge in [0, 0.05) is 26.2 Å². The summed E-state index contributed by atoms with van der Waals surface area (Å²) < 4.78 is 16.7. The molecule has 0 bridgehead atoms. The predicted molar refractivity (Wildman–Crippen MR) is 105 cm³/mol. The SMILES string of the molecule is COc1cc(CN2CCCCCC2)ccc1OC[C@H](O)CN1CCOCC1. The maximum absolute atomic E-state index is 10.3. The first-order valence-electron chi connectivity index (χ1n) is 10.2. The first-order chi connectivity index (χ1) is 13.2. The molecular weight excluding hydrogens is 344 g/mol. The molecule has 0 unspecified atom stereocenters. The molecule has 1 aromatic carbocycles. The van der Waals surface area contributed by atoms with Crippen molar-refractivity contribution in [1.82, 2.24) is 9.80 Å². The molecule has 0 aliphatic carbocycles. The summed E-state index contributed by atoms with van der Waals surface area (Å²) in [6, 6.07) is 6.14. The standard InChI is InChI=1S/C21H34N2O4/c1-25-21-14-18(15-22-8-4-2-3-5-9-22)6-7-20(21)27-17-19(24)16-23-10-12-26-13-11-23/h6-7,14,19,24H,2-5,8-13,15-17H2,1H3/t19-/m1/s1. The van der Waals surface area contributed by atoms with Gasteiger partial charge in [-0.3, -0.25) is 9.80 Å². The zero-order valence-corrected chi connectivity index (χ0v) is 16.6. The number of benzene rings is 1. The Morgan fingerprint density at radius 1 is 1.00 bits per heavy atom. The van der Waals surface area contributed by atoms with Gasteiger partial charge >= 0.3 is 0 Å². The Balaban J connectivity index is 1.50. The molecule has 2 heterocycles. The number of β-amino-alcohol motifs (C(OH)–C–C–N with tert-alkyl or cyclic N) is 1. The van der Waals surface area contributed by atoms with Crippen molar-refractivity contribution in [2.45, 2.75) is 38.3 Å². The predicted octanol–water partition coefficient (Wildman–Crippen LogP) is 2.14. The van der Waals surface area contributed by atoms with E-state index in [1.165, 1.54) is 44.3 Å². The number of morpholine rings is 1. The van der Waals surface area contributed by atoms with E-state index >= 15 is 0 Å². The van der Waals surface area contributed by atoms with Crippen LogP contribution in [-0.2, 0) is 11.3 Å². The summed E-state index contributed by atoms with van der Waals surface area (Å²) >= 11 is 0. The van der Waals surface area contributed by atoms with Crippen LogP contribution in [0.4, 0.5) is 0 Å². The van der Waals surface area contributed by atoms with E-state index in [0.717, 1.165) is 38.6 Å². The molecule has 3 rings (SSSR count). The van der Waals surface area contributed by atoms with Gasteiger partial charge in [0.05, 0.1) is 20.3 Å². The third-order valence-electron chi connectivity index (χ3n) is 5.34. The molecule has 152 valence electrons. The number of methoxy groups -OCH3 is 1. The molecular formula is C21H34N2O4. The Morgan fingerprint density at radius 2 is 1.74 bits per heavy atom. The Bertz CT molecular complexity index is 555. The Morgan fingerprint density at radius 3 is 2.44 bits per heavy atom. The molecule has 1 N–H and O–H groups in total. The van der Waals surface area contributed by atoms with Crippen LogP contribution in [0, 0.1) is 0 Å². The van der Waals surface area contributed by atoms with Crippen molar-refractivity contribution >= 4 is 0 Å². The summed E-state index contributed by atoms with van der Waals surface area (Å²) in [5, 5.41) is 10.3. The average Bonchev–Trinajstić information content (AvgIpc) is 2.96. The minimum Gasteiger partial charge on any atom is -0.493 e. The molecule has 6 heteroatoms. The number of rotatable bonds is 8. The average molecular weight is 379 g/mol. The third-order valence-corrected chi connectivity index (χ3v) is 5.34. The van der Waals surface area contributed by atoms with Crippen molar-refractivity contribution in [3.8, 4) is 11.5 Å². The number of hydrogen-bond donors (Lipinski definition) is 1. The Kier molecular flexibility index (Phi) is 8.20. The molecule has 2 fully saturated rings. The third kappa shape index (κ3) is 6.64. The van der Waals surface area contributed by atoms with Crippen molar-refractivity contribution in [2.75, 3.05) is 59.7 Å². The minimum absolute atomic E-state index is 0.263. The molecule has 0 spiro atoms. The van der Waals surface area contributed by atoms with E-state index in [0.29, 0.717) is 12.3 Å². The molecule has 2 aliphatic rings. The largest absolute Gasteiger partial charge is 0.493 e. The highest BCUT2D eigenvalue weighted by atomic mass is 16.5. The summed E-state index contributed by atoms with van der Waals surface area (Å²) in [5.41, 5.74) is 1.25. The molecule has 1 atom stereocenters. The quantitative estimate of drug-likeness (QED) is 0.748. The number of nitrogens with zero attached hydrogens (tertiary/aromatic N) is 2. The van der Waals surface area contributed by atoms with Gasteiger partial charge in [-0.1, -0.05) is 18.9 Å². The summed E-state index contributed by atoms with van der Waals surface area (Å²) in [6.07, 6.45) is 4.75. The lowest BCUT2D eigenvalue weighted by atomic mass is 10.2. The van der Waals surface area contributed by atoms with Crippen LogP contribution < -0.4 is 9.47 Å². The first-order valence-corrected chi connectivity index (χ1v) is 10.2. The van der Waals surface area contributed by atoms with Crippen LogP contribution in [0.5, 0.6) is 11.5 Å². The van der Waals surface area contributed by atoms with Crippen LogP contribution in [0.25, 0.3) is 0 Å². The Labute approximate surface area is 163 Å². The lowest BCUT2D eigenvalue weighted by molar-refractivity contribution is 0.00445. The van der Waals surface area contributed by atoms with E-state index in [4.69, 9.17) is 14.2 Å². The maximum atomic E-state index is 10.3. The fourth-order valence-corrected chi connectivity index (χ4v) is 3.80. The number of aliphatic hydroxyl groups excluding tert-OH is 1. The second-order valence-electron chi connectivity index (χ2n) is 7.55. The van der Waals surface area contributed by atoms with E-state index < -0.39 is 6.10 Å². The van der Waals surface area contributed by atoms with E-state index in [2.05, 4.69) is 21.9 Å². The second kappa shape index (κ2) is 10.9. The lowest BCUT2D eigenvalue weighted by Crippen LogP contribution is -2.42. The van der Waals surface area contributed by atoms with Gasteiger partial charge in [-0.25, -0.2) is 0 Å². The summed E-state index contributed by atoms with van der Waals surface area (Å²) in [4.78, 5) is 4.73. The molecule has 6 nitrogen and oxygen atoms in total. The highest BCUT2D eigenvalue weighted by Crippen LogP contribution is 2.29. The molecule has 1 aromatic rings. The van der Waals surface area contributed by atoms with Gasteiger partial charge < -0.3 is 19.3 Å². The van der Waals surface area contributed by atoms with E-state index in [-0.39, 0.29) is 6.61 Å². The van der Waals surface area contributed by atoms with E-state index in [9.17, 15) is 5.11 Å². The minimum atomic E-state index is -0.524. The van der Waals surface area contributed by atoms with Crippen molar-refractivity contribution in [3.05, 3.63) is 23.8 Å². The second-order valence-corrected chi connectivity index (χ2v) is 7.55. The maximum Gasteiger partial charge on any atom is 0.161 e. The highest BCUT2D eigenvalue weighted by molar-refractivity contribution is 5.43. The molecule has 0 aromatic heterocycles. The summed E-state index contributed by atoms with van der Waals surface area (Å²) in [6.45, 7) is 7.38. The number of likely N-dealkylation sites (tertiary alicyclic amines) is 1. The van der Waals surface area contributed by atoms with Crippen molar-refractivity contribution in [1.29, 1.82) is 0 Å². The molecule has 2 aliphatic heterocycles. The van der Waals surface area contributed by atoms with Gasteiger partial charge in [-0.2, -0.15) is 0 Å². The van der Waals surface area contributed by atoms with Gasteiger partial charge in [0.2, 0.25) is 0 Å². The van der Waals surface area contributed by atoms with Crippen LogP contribution in [0.1, 0.15) is 31.2 Å². The molecule has 0 radical (unpaired) electrons. The molecule has 27 heavy (non-hydrogen) atoms. The van der Waals surface area contributed by atoms with Gasteiger partial charge in [-0.15, -0.1) is 0 Å². The number of ether oxygens (including phenoxy) is 3. The van der Waals surface area contributed by atoms with Crippen molar-refractivity contribution < 1.29 is 19.3 Å². The van der Waals surface area contributed by atoms with Crippen LogP contribution in [0.15, 0.2) is 18.2 Å². The monoisotopic (exact) mass is 378 g/mol. The van der Waals surface area contributed by atoms with Crippen LogP contribution in [0.3, 0.4) is 0 Å². The van der Waals surface area contributed by atoms with Crippen molar-refractivity contribution in [3.63, 3.8) is 0 Å². The normalized spacial score (nSPS) is 20.8. The zero-order chi connectivity index (χ0) is 18.9. The van der Waals surface area contributed by atoms with Gasteiger partial charge in [0.25, 0.3) is 0 Å². The fraction of sp³-hybridized carbons (Fsp3) is 0.714. The number of aliphatic hydroxyl groups is 1. The number of hydrogen-bond acceptors (Lipinski definition) is 6. The van der Waals surface area contributed by atoms with Gasteiger partial charge in [0.1, 0.15) is 12.7 Å². The molecule has 2 saturated heterocycles. The van der Waals surface area contributed by atoms with E-state index in [1.54, 1.807) is 7.11 Å². The van der Waals surface area contributed by atoms with Crippen LogP contribution in [0.2, 0.25) is 0 Å². The van der Waals surface area contributed by atoms with Gasteiger partial charge in [0.15, 0.2) is 11.5 Å². The smallest absolute Gasteiger partial charge is 0.161 e. The topological polar surface area (TPSA) is 54.4 Å². The first kappa shape index (κ1) is 20.4. The van der Waals surface area contributed by atoms with Gasteiger partial charge in [-0.05, 0) is 43.6 Å². The Hall–Kier alpha value is -1.34. The molecule has 0 amide bonds. The fourth-order valence-electron chi connectivity index (χ4n) is 3.80. The van der Waals surface area contributed by atoms with Crippen molar-refractivity contribution in [2.24, 2.45) is 0 Å². The van der Waals surface area contributed by atoms with Crippen LogP contribution in [-0.4, -0.2) is 80.7 Å². The molecule has 0 saturated carbocycles. The summed E-state index contributed by atoms with van der Waals surface area (Å²) in [5.74, 6) is 1.43.